The van der Waals surface area contributed by atoms with Crippen molar-refractivity contribution in [2.75, 3.05) is 33.8 Å². The zero-order valence-electron chi connectivity index (χ0n) is 14.2. The summed E-state index contributed by atoms with van der Waals surface area (Å²) in [5.41, 5.74) is 1.03. The van der Waals surface area contributed by atoms with Crippen LogP contribution in [0.25, 0.3) is 0 Å². The molecule has 1 aliphatic rings. The van der Waals surface area contributed by atoms with Crippen molar-refractivity contribution in [2.45, 2.75) is 26.2 Å². The monoisotopic (exact) mass is 318 g/mol. The van der Waals surface area contributed by atoms with Crippen LogP contribution in [0, 0.1) is 5.41 Å². The van der Waals surface area contributed by atoms with Crippen LogP contribution in [0.5, 0.6) is 0 Å². The molecule has 2 amide bonds. The van der Waals surface area contributed by atoms with Gasteiger partial charge in [0.25, 0.3) is 11.8 Å². The Bertz CT molecular complexity index is 569. The van der Waals surface area contributed by atoms with Crippen molar-refractivity contribution in [3.63, 3.8) is 0 Å². The molecule has 2 rings (SSSR count). The molecular formula is C18H26N2O3. The molecule has 0 aliphatic carbocycles. The SMILES string of the molecule is CCC1(CO)CCN(C(=O)c2cccc(C(=O)N(C)C)c2)CC1. The fourth-order valence-corrected chi connectivity index (χ4v) is 3.03. The molecule has 1 saturated heterocycles. The minimum absolute atomic E-state index is 0.0407. The molecule has 0 aromatic heterocycles. The predicted molar refractivity (Wildman–Crippen MR) is 89.4 cm³/mol. The number of rotatable bonds is 4. The van der Waals surface area contributed by atoms with E-state index in [0.29, 0.717) is 24.2 Å². The first kappa shape index (κ1) is 17.5. The van der Waals surface area contributed by atoms with Crippen molar-refractivity contribution in [3.8, 4) is 0 Å². The smallest absolute Gasteiger partial charge is 0.253 e. The van der Waals surface area contributed by atoms with Gasteiger partial charge in [0.05, 0.1) is 0 Å². The Labute approximate surface area is 137 Å². The Morgan fingerprint density at radius 1 is 1.22 bits per heavy atom. The Kier molecular flexibility index (Phi) is 5.42. The summed E-state index contributed by atoms with van der Waals surface area (Å²) in [7, 11) is 3.39. The normalized spacial score (nSPS) is 17.0. The molecule has 1 fully saturated rings. The second-order valence-electron chi connectivity index (χ2n) is 6.58. The van der Waals surface area contributed by atoms with Gasteiger partial charge in [-0.1, -0.05) is 13.0 Å². The molecule has 5 nitrogen and oxygen atoms in total. The van der Waals surface area contributed by atoms with Crippen molar-refractivity contribution in [3.05, 3.63) is 35.4 Å². The minimum Gasteiger partial charge on any atom is -0.396 e. The Morgan fingerprint density at radius 3 is 2.35 bits per heavy atom. The number of likely N-dealkylation sites (tertiary alicyclic amines) is 1. The van der Waals surface area contributed by atoms with Crippen molar-refractivity contribution in [1.82, 2.24) is 9.80 Å². The van der Waals surface area contributed by atoms with E-state index in [9.17, 15) is 14.7 Å². The van der Waals surface area contributed by atoms with Gasteiger partial charge < -0.3 is 14.9 Å². The van der Waals surface area contributed by atoms with Crippen LogP contribution in [0.1, 0.15) is 46.9 Å². The quantitative estimate of drug-likeness (QED) is 0.924. The second-order valence-corrected chi connectivity index (χ2v) is 6.58. The van der Waals surface area contributed by atoms with E-state index < -0.39 is 0 Å². The molecule has 23 heavy (non-hydrogen) atoms. The molecule has 0 spiro atoms. The average molecular weight is 318 g/mol. The van der Waals surface area contributed by atoms with Gasteiger partial charge in [-0.15, -0.1) is 0 Å². The molecule has 1 aromatic rings. The van der Waals surface area contributed by atoms with Crippen molar-refractivity contribution < 1.29 is 14.7 Å². The summed E-state index contributed by atoms with van der Waals surface area (Å²) >= 11 is 0. The summed E-state index contributed by atoms with van der Waals surface area (Å²) in [6.45, 7) is 3.57. The Balaban J connectivity index is 2.10. The fourth-order valence-electron chi connectivity index (χ4n) is 3.03. The highest BCUT2D eigenvalue weighted by atomic mass is 16.3. The molecule has 0 bridgehead atoms. The first-order valence-electron chi connectivity index (χ1n) is 8.14. The number of nitrogens with zero attached hydrogens (tertiary/aromatic N) is 2. The molecule has 0 radical (unpaired) electrons. The van der Waals surface area contributed by atoms with Gasteiger partial charge in [0.15, 0.2) is 0 Å². The second kappa shape index (κ2) is 7.13. The van der Waals surface area contributed by atoms with Gasteiger partial charge in [-0.05, 0) is 42.9 Å². The molecule has 1 aliphatic heterocycles. The predicted octanol–water partition coefficient (Wildman–Crippen LogP) is 2.01. The molecule has 0 saturated carbocycles. The van der Waals surface area contributed by atoms with Gasteiger partial charge in [0, 0.05) is 44.9 Å². The molecular weight excluding hydrogens is 292 g/mol. The third kappa shape index (κ3) is 3.72. The largest absolute Gasteiger partial charge is 0.396 e. The van der Waals surface area contributed by atoms with Crippen molar-refractivity contribution in [1.29, 1.82) is 0 Å². The molecule has 126 valence electrons. The number of carbonyl (C=O) groups is 2. The number of piperidine rings is 1. The molecule has 1 aromatic carbocycles. The number of benzene rings is 1. The van der Waals surface area contributed by atoms with E-state index in [1.54, 1.807) is 38.4 Å². The lowest BCUT2D eigenvalue weighted by Crippen LogP contribution is -2.44. The van der Waals surface area contributed by atoms with E-state index >= 15 is 0 Å². The van der Waals surface area contributed by atoms with E-state index in [0.717, 1.165) is 19.3 Å². The van der Waals surface area contributed by atoms with Gasteiger partial charge in [-0.3, -0.25) is 9.59 Å². The van der Waals surface area contributed by atoms with Gasteiger partial charge in [-0.2, -0.15) is 0 Å². The summed E-state index contributed by atoms with van der Waals surface area (Å²) in [6, 6.07) is 6.89. The highest BCUT2D eigenvalue weighted by Gasteiger charge is 2.34. The minimum atomic E-state index is -0.108. The number of hydrogen-bond acceptors (Lipinski definition) is 3. The van der Waals surface area contributed by atoms with Gasteiger partial charge >= 0.3 is 0 Å². The Hall–Kier alpha value is -1.88. The maximum atomic E-state index is 12.7. The van der Waals surface area contributed by atoms with Crippen LogP contribution in [-0.2, 0) is 0 Å². The molecule has 1 heterocycles. The van der Waals surface area contributed by atoms with Gasteiger partial charge in [-0.25, -0.2) is 0 Å². The zero-order valence-corrected chi connectivity index (χ0v) is 14.2. The van der Waals surface area contributed by atoms with E-state index in [1.165, 1.54) is 4.90 Å². The lowest BCUT2D eigenvalue weighted by molar-refractivity contribution is 0.0338. The molecule has 5 heteroatoms. The topological polar surface area (TPSA) is 60.9 Å². The number of amides is 2. The fraction of sp³-hybridized carbons (Fsp3) is 0.556. The van der Waals surface area contributed by atoms with Crippen LogP contribution in [0.2, 0.25) is 0 Å². The van der Waals surface area contributed by atoms with E-state index in [4.69, 9.17) is 0 Å². The molecule has 0 unspecified atom stereocenters. The third-order valence-electron chi connectivity index (χ3n) is 4.96. The maximum Gasteiger partial charge on any atom is 0.253 e. The van der Waals surface area contributed by atoms with Crippen LogP contribution in [0.3, 0.4) is 0 Å². The van der Waals surface area contributed by atoms with Crippen LogP contribution < -0.4 is 0 Å². The lowest BCUT2D eigenvalue weighted by atomic mass is 9.77. The van der Waals surface area contributed by atoms with Gasteiger partial charge in [0.2, 0.25) is 0 Å². The summed E-state index contributed by atoms with van der Waals surface area (Å²) in [5, 5.41) is 9.59. The number of carbonyl (C=O) groups excluding carboxylic acids is 2. The van der Waals surface area contributed by atoms with Crippen molar-refractivity contribution in [2.24, 2.45) is 5.41 Å². The zero-order chi connectivity index (χ0) is 17.0. The van der Waals surface area contributed by atoms with Crippen molar-refractivity contribution >= 4 is 11.8 Å². The molecule has 1 N–H and O–H groups in total. The highest BCUT2D eigenvalue weighted by molar-refractivity contribution is 5.99. The van der Waals surface area contributed by atoms with Crippen LogP contribution in [0.15, 0.2) is 24.3 Å². The Morgan fingerprint density at radius 2 is 1.83 bits per heavy atom. The third-order valence-corrected chi connectivity index (χ3v) is 4.96. The molecule has 0 atom stereocenters. The van der Waals surface area contributed by atoms with Crippen LogP contribution in [0.4, 0.5) is 0 Å². The first-order chi connectivity index (χ1) is 10.9. The number of hydrogen-bond donors (Lipinski definition) is 1. The standard InChI is InChI=1S/C18H26N2O3/c1-4-18(13-21)8-10-20(11-9-18)17(23)15-7-5-6-14(12-15)16(22)19(2)3/h5-7,12,21H,4,8-11,13H2,1-3H3. The summed E-state index contributed by atoms with van der Waals surface area (Å²) in [5.74, 6) is -0.148. The summed E-state index contributed by atoms with van der Waals surface area (Å²) in [6.07, 6.45) is 2.57. The maximum absolute atomic E-state index is 12.7. The van der Waals surface area contributed by atoms with Crippen LogP contribution >= 0.6 is 0 Å². The number of aliphatic hydroxyl groups excluding tert-OH is 1. The van der Waals surface area contributed by atoms with Gasteiger partial charge in [0.1, 0.15) is 0 Å². The highest BCUT2D eigenvalue weighted by Crippen LogP contribution is 2.34. The van der Waals surface area contributed by atoms with E-state index in [2.05, 4.69) is 6.92 Å². The lowest BCUT2D eigenvalue weighted by Gasteiger charge is -2.40. The average Bonchev–Trinajstić information content (AvgIpc) is 2.60. The van der Waals surface area contributed by atoms with E-state index in [-0.39, 0.29) is 23.8 Å². The summed E-state index contributed by atoms with van der Waals surface area (Å²) < 4.78 is 0. The van der Waals surface area contributed by atoms with E-state index in [1.807, 2.05) is 4.90 Å². The van der Waals surface area contributed by atoms with Crippen LogP contribution in [-0.4, -0.2) is 60.5 Å². The summed E-state index contributed by atoms with van der Waals surface area (Å²) in [4.78, 5) is 28.0. The first-order valence-corrected chi connectivity index (χ1v) is 8.14. The number of aliphatic hydroxyl groups is 1.